The molecule has 0 atom stereocenters. The van der Waals surface area contributed by atoms with Crippen molar-refractivity contribution in [3.8, 4) is 0 Å². The fraction of sp³-hybridized carbons (Fsp3) is 0.0952. The number of nitrogens with one attached hydrogen (secondary N) is 2. The second kappa shape index (κ2) is 9.27. The number of nitrogens with zero attached hydrogens (tertiary/aromatic N) is 1. The Balaban J connectivity index is 1.72. The summed E-state index contributed by atoms with van der Waals surface area (Å²) in [6.07, 6.45) is 3.00. The van der Waals surface area contributed by atoms with E-state index in [2.05, 4.69) is 15.6 Å². The van der Waals surface area contributed by atoms with Crippen LogP contribution in [0, 0.1) is 5.82 Å². The number of rotatable bonds is 6. The second-order valence-corrected chi connectivity index (χ2v) is 6.62. The molecule has 0 saturated carbocycles. The van der Waals surface area contributed by atoms with Gasteiger partial charge in [-0.1, -0.05) is 29.8 Å². The predicted octanol–water partition coefficient (Wildman–Crippen LogP) is 3.52. The molecule has 0 aliphatic carbocycles. The minimum atomic E-state index is -0.485. The lowest BCUT2D eigenvalue weighted by Gasteiger charge is -2.11. The van der Waals surface area contributed by atoms with Crippen LogP contribution in [-0.4, -0.2) is 16.8 Å². The molecular formula is C21H18ClFN4O2. The number of pyridine rings is 1. The van der Waals surface area contributed by atoms with E-state index in [1.807, 2.05) is 0 Å². The molecule has 1 heterocycles. The summed E-state index contributed by atoms with van der Waals surface area (Å²) in [7, 11) is 0. The minimum absolute atomic E-state index is 0.00989. The maximum atomic E-state index is 13.7. The molecule has 29 heavy (non-hydrogen) atoms. The van der Waals surface area contributed by atoms with E-state index in [-0.39, 0.29) is 23.7 Å². The third kappa shape index (κ3) is 5.16. The maximum Gasteiger partial charge on any atom is 0.257 e. The summed E-state index contributed by atoms with van der Waals surface area (Å²) >= 11 is 6.13. The Kier molecular flexibility index (Phi) is 6.54. The smallest absolute Gasteiger partial charge is 0.257 e. The number of anilines is 1. The predicted molar refractivity (Wildman–Crippen MR) is 109 cm³/mol. The molecule has 2 aromatic carbocycles. The molecule has 0 unspecified atom stereocenters. The lowest BCUT2D eigenvalue weighted by atomic mass is 10.1. The van der Waals surface area contributed by atoms with E-state index >= 15 is 0 Å². The molecule has 3 rings (SSSR count). The first-order valence-corrected chi connectivity index (χ1v) is 9.12. The number of hydrogen-bond acceptors (Lipinski definition) is 4. The number of halogens is 2. The number of hydrogen-bond donors (Lipinski definition) is 3. The highest BCUT2D eigenvalue weighted by Gasteiger charge is 2.14. The van der Waals surface area contributed by atoms with Crippen molar-refractivity contribution in [2.45, 2.75) is 13.1 Å². The largest absolute Gasteiger partial charge is 0.348 e. The van der Waals surface area contributed by atoms with Gasteiger partial charge in [0.05, 0.1) is 16.1 Å². The van der Waals surface area contributed by atoms with Gasteiger partial charge in [0.15, 0.2) is 0 Å². The molecule has 0 fully saturated rings. The van der Waals surface area contributed by atoms with Gasteiger partial charge in [-0.15, -0.1) is 0 Å². The summed E-state index contributed by atoms with van der Waals surface area (Å²) in [5, 5.41) is 5.53. The fourth-order valence-corrected chi connectivity index (χ4v) is 2.82. The highest BCUT2D eigenvalue weighted by Crippen LogP contribution is 2.21. The molecule has 0 aliphatic rings. The molecule has 4 N–H and O–H groups in total. The van der Waals surface area contributed by atoms with Gasteiger partial charge < -0.3 is 16.4 Å². The van der Waals surface area contributed by atoms with Crippen LogP contribution in [0.25, 0.3) is 0 Å². The molecule has 0 radical (unpaired) electrons. The SMILES string of the molecule is NCc1cncc(C(=O)Nc2ccc(Cl)c(C(=O)NCc3ccccc3F)c2)c1. The van der Waals surface area contributed by atoms with Crippen molar-refractivity contribution in [3.05, 3.63) is 94.0 Å². The molecule has 0 saturated heterocycles. The second-order valence-electron chi connectivity index (χ2n) is 6.21. The van der Waals surface area contributed by atoms with E-state index in [4.69, 9.17) is 17.3 Å². The molecule has 3 aromatic rings. The monoisotopic (exact) mass is 412 g/mol. The van der Waals surface area contributed by atoms with Crippen molar-refractivity contribution < 1.29 is 14.0 Å². The van der Waals surface area contributed by atoms with E-state index in [1.54, 1.807) is 36.5 Å². The summed E-state index contributed by atoms with van der Waals surface area (Å²) in [6.45, 7) is 0.275. The zero-order chi connectivity index (χ0) is 20.8. The first-order chi connectivity index (χ1) is 14.0. The Morgan fingerprint density at radius 3 is 2.62 bits per heavy atom. The average Bonchev–Trinajstić information content (AvgIpc) is 2.74. The highest BCUT2D eigenvalue weighted by molar-refractivity contribution is 6.34. The summed E-state index contributed by atoms with van der Waals surface area (Å²) in [4.78, 5) is 28.9. The Labute approximate surface area is 171 Å². The molecule has 0 spiro atoms. The molecule has 6 nitrogen and oxygen atoms in total. The number of benzene rings is 2. The van der Waals surface area contributed by atoms with E-state index in [1.165, 1.54) is 24.4 Å². The fourth-order valence-electron chi connectivity index (χ4n) is 2.62. The quantitative estimate of drug-likeness (QED) is 0.577. The van der Waals surface area contributed by atoms with Gasteiger partial charge in [0.25, 0.3) is 11.8 Å². The molecule has 1 aromatic heterocycles. The number of aromatic nitrogens is 1. The van der Waals surface area contributed by atoms with Crippen LogP contribution >= 0.6 is 11.6 Å². The molecular weight excluding hydrogens is 395 g/mol. The lowest BCUT2D eigenvalue weighted by Crippen LogP contribution is -2.24. The van der Waals surface area contributed by atoms with Crippen LogP contribution in [0.2, 0.25) is 5.02 Å². The van der Waals surface area contributed by atoms with Crippen LogP contribution in [-0.2, 0) is 13.1 Å². The van der Waals surface area contributed by atoms with Gasteiger partial charge in [-0.3, -0.25) is 14.6 Å². The van der Waals surface area contributed by atoms with Crippen LogP contribution < -0.4 is 16.4 Å². The van der Waals surface area contributed by atoms with E-state index in [0.29, 0.717) is 16.8 Å². The molecule has 148 valence electrons. The summed E-state index contributed by atoms with van der Waals surface area (Å²) in [6, 6.07) is 12.3. The van der Waals surface area contributed by atoms with E-state index in [0.717, 1.165) is 5.56 Å². The van der Waals surface area contributed by atoms with Gasteiger partial charge >= 0.3 is 0 Å². The number of carbonyl (C=O) groups is 2. The maximum absolute atomic E-state index is 13.7. The zero-order valence-corrected chi connectivity index (χ0v) is 16.0. The number of amides is 2. The van der Waals surface area contributed by atoms with Crippen LogP contribution in [0.15, 0.2) is 60.9 Å². The zero-order valence-electron chi connectivity index (χ0n) is 15.3. The van der Waals surface area contributed by atoms with Gasteiger partial charge in [0, 0.05) is 36.7 Å². The standard InChI is InChI=1S/C21H18ClFN4O2/c22-18-6-5-16(27-20(28)15-7-13(9-24)10-25-11-15)8-17(18)21(29)26-12-14-3-1-2-4-19(14)23/h1-8,10-11H,9,12,24H2,(H,26,29)(H,27,28). The first-order valence-electron chi connectivity index (χ1n) is 8.74. The van der Waals surface area contributed by atoms with Crippen molar-refractivity contribution in [2.24, 2.45) is 5.73 Å². The van der Waals surface area contributed by atoms with Gasteiger partial charge in [0.2, 0.25) is 0 Å². The summed E-state index contributed by atoms with van der Waals surface area (Å²) in [5.74, 6) is -1.29. The summed E-state index contributed by atoms with van der Waals surface area (Å²) < 4.78 is 13.7. The van der Waals surface area contributed by atoms with Gasteiger partial charge in [-0.05, 0) is 35.9 Å². The molecule has 0 bridgehead atoms. The number of nitrogens with two attached hydrogens (primary N) is 1. The van der Waals surface area contributed by atoms with Crippen LogP contribution in [0.1, 0.15) is 31.8 Å². The van der Waals surface area contributed by atoms with Crippen molar-refractivity contribution in [3.63, 3.8) is 0 Å². The van der Waals surface area contributed by atoms with Gasteiger partial charge in [-0.25, -0.2) is 4.39 Å². The minimum Gasteiger partial charge on any atom is -0.348 e. The third-order valence-corrected chi connectivity index (χ3v) is 4.49. The number of carbonyl (C=O) groups excluding carboxylic acids is 2. The molecule has 8 heteroatoms. The average molecular weight is 413 g/mol. The van der Waals surface area contributed by atoms with E-state index in [9.17, 15) is 14.0 Å². The highest BCUT2D eigenvalue weighted by atomic mass is 35.5. The molecule has 2 amide bonds. The normalized spacial score (nSPS) is 10.4. The Morgan fingerprint density at radius 2 is 1.86 bits per heavy atom. The lowest BCUT2D eigenvalue weighted by molar-refractivity contribution is 0.0949. The van der Waals surface area contributed by atoms with Crippen LogP contribution in [0.3, 0.4) is 0 Å². The van der Waals surface area contributed by atoms with Crippen molar-refractivity contribution in [1.82, 2.24) is 10.3 Å². The van der Waals surface area contributed by atoms with Crippen LogP contribution in [0.5, 0.6) is 0 Å². The van der Waals surface area contributed by atoms with Crippen molar-refractivity contribution >= 4 is 29.1 Å². The van der Waals surface area contributed by atoms with Crippen molar-refractivity contribution in [1.29, 1.82) is 0 Å². The van der Waals surface area contributed by atoms with Crippen molar-refractivity contribution in [2.75, 3.05) is 5.32 Å². The third-order valence-electron chi connectivity index (χ3n) is 4.16. The van der Waals surface area contributed by atoms with E-state index < -0.39 is 17.6 Å². The van der Waals surface area contributed by atoms with Gasteiger partial charge in [0.1, 0.15) is 5.82 Å². The Hall–Kier alpha value is -3.29. The summed E-state index contributed by atoms with van der Waals surface area (Å²) in [5.41, 5.74) is 7.53. The Bertz CT molecular complexity index is 1060. The topological polar surface area (TPSA) is 97.1 Å². The molecule has 0 aliphatic heterocycles. The van der Waals surface area contributed by atoms with Crippen LogP contribution in [0.4, 0.5) is 10.1 Å². The first kappa shape index (κ1) is 20.4. The Morgan fingerprint density at radius 1 is 1.07 bits per heavy atom. The van der Waals surface area contributed by atoms with Gasteiger partial charge in [-0.2, -0.15) is 0 Å².